The van der Waals surface area contributed by atoms with Crippen molar-refractivity contribution in [1.29, 1.82) is 0 Å². The van der Waals surface area contributed by atoms with Gasteiger partial charge in [-0.05, 0) is 61.2 Å². The second-order valence-electron chi connectivity index (χ2n) is 10.5. The first-order valence-corrected chi connectivity index (χ1v) is 14.0. The van der Waals surface area contributed by atoms with E-state index in [2.05, 4.69) is 22.8 Å². The highest BCUT2D eigenvalue weighted by atomic mass is 35.5. The third kappa shape index (κ3) is 5.47. The van der Waals surface area contributed by atoms with Crippen LogP contribution in [0.2, 0.25) is 10.0 Å². The molecule has 0 aliphatic carbocycles. The van der Waals surface area contributed by atoms with Crippen LogP contribution >= 0.6 is 23.2 Å². The van der Waals surface area contributed by atoms with Crippen LogP contribution in [0, 0.1) is 0 Å². The average Bonchev–Trinajstić information content (AvgIpc) is 3.27. The maximum absolute atomic E-state index is 13.7. The van der Waals surface area contributed by atoms with Gasteiger partial charge in [0.25, 0.3) is 0 Å². The van der Waals surface area contributed by atoms with Crippen LogP contribution in [0.15, 0.2) is 78.9 Å². The molecule has 0 radical (unpaired) electrons. The standard InChI is InChI=1S/C31H33Cl2N3O2/c32-26-12-11-25(19-27(26)33)30(20-28(37)36(22-30)21-23-7-3-1-4-8-23)13-18-35-29(38)31(14-16-34-17-15-31)24-9-5-2-6-10-24/h1-12,19,34H,13-18,20-22H2,(H,35,38). The predicted octanol–water partition coefficient (Wildman–Crippen LogP) is 5.49. The lowest BCUT2D eigenvalue weighted by Crippen LogP contribution is -2.51. The molecule has 1 atom stereocenters. The Hall–Kier alpha value is -2.86. The molecule has 3 aromatic rings. The molecule has 2 saturated heterocycles. The van der Waals surface area contributed by atoms with Gasteiger partial charge in [0.15, 0.2) is 0 Å². The second-order valence-corrected chi connectivity index (χ2v) is 11.3. The van der Waals surface area contributed by atoms with E-state index in [1.54, 1.807) is 6.07 Å². The fourth-order valence-corrected chi connectivity index (χ4v) is 6.33. The van der Waals surface area contributed by atoms with E-state index in [-0.39, 0.29) is 11.8 Å². The summed E-state index contributed by atoms with van der Waals surface area (Å²) in [7, 11) is 0. The summed E-state index contributed by atoms with van der Waals surface area (Å²) in [6.45, 7) is 3.19. The van der Waals surface area contributed by atoms with E-state index < -0.39 is 10.8 Å². The van der Waals surface area contributed by atoms with E-state index in [4.69, 9.17) is 23.2 Å². The lowest BCUT2D eigenvalue weighted by atomic mass is 9.72. The first kappa shape index (κ1) is 26.7. The largest absolute Gasteiger partial charge is 0.355 e. The molecule has 2 fully saturated rings. The fourth-order valence-electron chi connectivity index (χ4n) is 6.03. The summed E-state index contributed by atoms with van der Waals surface area (Å²) in [5.41, 5.74) is 2.11. The molecule has 2 amide bonds. The predicted molar refractivity (Wildman–Crippen MR) is 152 cm³/mol. The van der Waals surface area contributed by atoms with Gasteiger partial charge < -0.3 is 15.5 Å². The van der Waals surface area contributed by atoms with E-state index in [9.17, 15) is 9.59 Å². The number of likely N-dealkylation sites (tertiary alicyclic amines) is 1. The molecule has 0 spiro atoms. The summed E-state index contributed by atoms with van der Waals surface area (Å²) in [5.74, 6) is 0.158. The molecule has 38 heavy (non-hydrogen) atoms. The number of benzene rings is 3. The zero-order chi connectivity index (χ0) is 26.6. The second kappa shape index (κ2) is 11.5. The number of carbonyl (C=O) groups excluding carboxylic acids is 2. The number of nitrogens with zero attached hydrogens (tertiary/aromatic N) is 1. The molecule has 1 unspecified atom stereocenters. The smallest absolute Gasteiger partial charge is 0.230 e. The van der Waals surface area contributed by atoms with Crippen LogP contribution in [0.1, 0.15) is 42.4 Å². The Kier molecular flexibility index (Phi) is 8.08. The SMILES string of the molecule is O=C1CC(CCNC(=O)C2(c3ccccc3)CCNCC2)(c2ccc(Cl)c(Cl)c2)CN1Cc1ccccc1. The van der Waals surface area contributed by atoms with Crippen molar-refractivity contribution in [3.8, 4) is 0 Å². The molecule has 2 aliphatic rings. The van der Waals surface area contributed by atoms with Crippen molar-refractivity contribution < 1.29 is 9.59 Å². The van der Waals surface area contributed by atoms with Gasteiger partial charge in [0, 0.05) is 31.5 Å². The minimum absolute atomic E-state index is 0.0555. The van der Waals surface area contributed by atoms with Gasteiger partial charge in [-0.3, -0.25) is 9.59 Å². The maximum Gasteiger partial charge on any atom is 0.230 e. The van der Waals surface area contributed by atoms with E-state index in [1.807, 2.05) is 65.6 Å². The number of carbonyl (C=O) groups is 2. The van der Waals surface area contributed by atoms with Crippen molar-refractivity contribution in [1.82, 2.24) is 15.5 Å². The average molecular weight is 551 g/mol. The molecule has 2 N–H and O–H groups in total. The summed E-state index contributed by atoms with van der Waals surface area (Å²) >= 11 is 12.7. The quantitative estimate of drug-likeness (QED) is 0.390. The van der Waals surface area contributed by atoms with Gasteiger partial charge in [0.05, 0.1) is 15.5 Å². The molecule has 2 aliphatic heterocycles. The van der Waals surface area contributed by atoms with Crippen molar-refractivity contribution >= 4 is 35.0 Å². The molecule has 2 heterocycles. The van der Waals surface area contributed by atoms with E-state index in [1.165, 1.54) is 0 Å². The van der Waals surface area contributed by atoms with Crippen LogP contribution in [0.25, 0.3) is 0 Å². The van der Waals surface area contributed by atoms with Gasteiger partial charge in [0.2, 0.25) is 11.8 Å². The Morgan fingerprint density at radius 3 is 2.26 bits per heavy atom. The van der Waals surface area contributed by atoms with Crippen LogP contribution in [-0.2, 0) is 27.0 Å². The van der Waals surface area contributed by atoms with E-state index >= 15 is 0 Å². The molecule has 0 bridgehead atoms. The Labute approximate surface area is 234 Å². The van der Waals surface area contributed by atoms with Crippen LogP contribution in [0.5, 0.6) is 0 Å². The van der Waals surface area contributed by atoms with Crippen molar-refractivity contribution in [2.24, 2.45) is 0 Å². The van der Waals surface area contributed by atoms with Crippen molar-refractivity contribution in [2.75, 3.05) is 26.2 Å². The summed E-state index contributed by atoms with van der Waals surface area (Å²) in [6.07, 6.45) is 2.49. The minimum Gasteiger partial charge on any atom is -0.355 e. The molecular weight excluding hydrogens is 517 g/mol. The van der Waals surface area contributed by atoms with Gasteiger partial charge in [-0.2, -0.15) is 0 Å². The van der Waals surface area contributed by atoms with Crippen LogP contribution < -0.4 is 10.6 Å². The highest BCUT2D eigenvalue weighted by molar-refractivity contribution is 6.42. The highest BCUT2D eigenvalue weighted by Crippen LogP contribution is 2.41. The molecule has 5 nitrogen and oxygen atoms in total. The van der Waals surface area contributed by atoms with Crippen molar-refractivity contribution in [3.63, 3.8) is 0 Å². The lowest BCUT2D eigenvalue weighted by Gasteiger charge is -2.37. The lowest BCUT2D eigenvalue weighted by molar-refractivity contribution is -0.128. The molecule has 0 aromatic heterocycles. The van der Waals surface area contributed by atoms with Gasteiger partial charge in [0.1, 0.15) is 0 Å². The Morgan fingerprint density at radius 2 is 1.58 bits per heavy atom. The molecule has 0 saturated carbocycles. The van der Waals surface area contributed by atoms with E-state index in [0.29, 0.717) is 42.5 Å². The number of piperidine rings is 1. The number of amides is 2. The third-order valence-electron chi connectivity index (χ3n) is 8.19. The maximum atomic E-state index is 13.7. The molecule has 7 heteroatoms. The summed E-state index contributed by atoms with van der Waals surface area (Å²) in [6, 6.07) is 25.7. The first-order chi connectivity index (χ1) is 18.4. The Morgan fingerprint density at radius 1 is 0.895 bits per heavy atom. The number of hydrogen-bond donors (Lipinski definition) is 2. The zero-order valence-corrected chi connectivity index (χ0v) is 22.9. The third-order valence-corrected chi connectivity index (χ3v) is 8.93. The topological polar surface area (TPSA) is 61.4 Å². The Bertz CT molecular complexity index is 1280. The molecule has 5 rings (SSSR count). The van der Waals surface area contributed by atoms with Gasteiger partial charge in [-0.25, -0.2) is 0 Å². The highest BCUT2D eigenvalue weighted by Gasteiger charge is 2.45. The van der Waals surface area contributed by atoms with Crippen molar-refractivity contribution in [2.45, 2.75) is 43.1 Å². The number of rotatable bonds is 8. The van der Waals surface area contributed by atoms with Crippen LogP contribution in [0.3, 0.4) is 0 Å². The molecule has 198 valence electrons. The number of hydrogen-bond acceptors (Lipinski definition) is 3. The van der Waals surface area contributed by atoms with Crippen molar-refractivity contribution in [3.05, 3.63) is 106 Å². The Balaban J connectivity index is 1.36. The summed E-state index contributed by atoms with van der Waals surface area (Å²) in [4.78, 5) is 28.9. The monoisotopic (exact) mass is 549 g/mol. The summed E-state index contributed by atoms with van der Waals surface area (Å²) < 4.78 is 0. The minimum atomic E-state index is -0.548. The fraction of sp³-hybridized carbons (Fsp3) is 0.355. The normalized spacial score (nSPS) is 20.9. The van der Waals surface area contributed by atoms with Gasteiger partial charge in [-0.15, -0.1) is 0 Å². The van der Waals surface area contributed by atoms with Gasteiger partial charge >= 0.3 is 0 Å². The van der Waals surface area contributed by atoms with Crippen LogP contribution in [0.4, 0.5) is 0 Å². The zero-order valence-electron chi connectivity index (χ0n) is 21.4. The molecule has 3 aromatic carbocycles. The van der Waals surface area contributed by atoms with Gasteiger partial charge in [-0.1, -0.05) is 89.9 Å². The number of nitrogens with one attached hydrogen (secondary N) is 2. The van der Waals surface area contributed by atoms with E-state index in [0.717, 1.165) is 42.6 Å². The van der Waals surface area contributed by atoms with Crippen LogP contribution in [-0.4, -0.2) is 42.9 Å². The summed E-state index contributed by atoms with van der Waals surface area (Å²) in [5, 5.41) is 7.61. The first-order valence-electron chi connectivity index (χ1n) is 13.2. The molecular formula is C31H33Cl2N3O2. The number of halogens is 2.